The van der Waals surface area contributed by atoms with Gasteiger partial charge in [0.2, 0.25) is 10.0 Å². The minimum Gasteiger partial charge on any atom is -0.338 e. The zero-order valence-corrected chi connectivity index (χ0v) is 16.4. The average Bonchev–Trinajstić information content (AvgIpc) is 3.01. The van der Waals surface area contributed by atoms with Crippen LogP contribution >= 0.6 is 0 Å². The van der Waals surface area contributed by atoms with Crippen LogP contribution in [0.4, 0.5) is 10.5 Å². The van der Waals surface area contributed by atoms with E-state index in [0.717, 1.165) is 11.0 Å². The van der Waals surface area contributed by atoms with Crippen LogP contribution in [-0.2, 0) is 10.0 Å². The van der Waals surface area contributed by atoms with Crippen LogP contribution in [0.15, 0.2) is 18.5 Å². The van der Waals surface area contributed by atoms with E-state index in [2.05, 4.69) is 20.7 Å². The highest BCUT2D eigenvalue weighted by Crippen LogP contribution is 2.18. The number of carbonyl (C=O) groups is 1. The highest BCUT2D eigenvalue weighted by molar-refractivity contribution is 7.89. The van der Waals surface area contributed by atoms with Crippen molar-refractivity contribution in [3.8, 4) is 0 Å². The Morgan fingerprint density at radius 1 is 1.35 bits per heavy atom. The quantitative estimate of drug-likeness (QED) is 0.677. The smallest absolute Gasteiger partial charge is 0.319 e. The van der Waals surface area contributed by atoms with Gasteiger partial charge in [-0.3, -0.25) is 0 Å². The van der Waals surface area contributed by atoms with Gasteiger partial charge < -0.3 is 10.6 Å². The van der Waals surface area contributed by atoms with E-state index >= 15 is 0 Å². The fourth-order valence-electron chi connectivity index (χ4n) is 2.42. The van der Waals surface area contributed by atoms with Gasteiger partial charge in [0, 0.05) is 31.6 Å². The lowest BCUT2D eigenvalue weighted by Gasteiger charge is -2.15. The topological polar surface area (TPSA) is 109 Å². The van der Waals surface area contributed by atoms with Gasteiger partial charge in [-0.05, 0) is 33.3 Å². The molecule has 2 N–H and O–H groups in total. The Bertz CT molecular complexity index is 862. The van der Waals surface area contributed by atoms with Gasteiger partial charge in [-0.25, -0.2) is 27.2 Å². The lowest BCUT2D eigenvalue weighted by Crippen LogP contribution is -2.34. The Morgan fingerprint density at radius 3 is 2.73 bits per heavy atom. The SMILES string of the molecule is CCS(=O)(=O)N(C)CCCNC(=O)Nc1cnc2c(cnn2C(C)C)c1. The molecule has 0 bridgehead atoms. The number of nitrogens with zero attached hydrogens (tertiary/aromatic N) is 4. The molecule has 26 heavy (non-hydrogen) atoms. The molecule has 2 aromatic rings. The number of aromatic nitrogens is 3. The highest BCUT2D eigenvalue weighted by atomic mass is 32.2. The molecule has 0 saturated heterocycles. The first-order chi connectivity index (χ1) is 12.2. The number of hydrogen-bond acceptors (Lipinski definition) is 5. The monoisotopic (exact) mass is 382 g/mol. The van der Waals surface area contributed by atoms with Crippen LogP contribution in [-0.4, -0.2) is 59.4 Å². The van der Waals surface area contributed by atoms with Crippen LogP contribution in [0.2, 0.25) is 0 Å². The number of hydrogen-bond donors (Lipinski definition) is 2. The molecule has 2 heterocycles. The number of rotatable bonds is 8. The van der Waals surface area contributed by atoms with E-state index in [4.69, 9.17) is 0 Å². The molecule has 0 unspecified atom stereocenters. The molecule has 0 aliphatic carbocycles. The molecular weight excluding hydrogens is 356 g/mol. The maximum atomic E-state index is 12.0. The van der Waals surface area contributed by atoms with E-state index in [0.29, 0.717) is 25.2 Å². The first-order valence-corrected chi connectivity index (χ1v) is 10.2. The molecule has 0 fully saturated rings. The van der Waals surface area contributed by atoms with Gasteiger partial charge in [-0.2, -0.15) is 5.10 Å². The van der Waals surface area contributed by atoms with Crippen molar-refractivity contribution < 1.29 is 13.2 Å². The number of amides is 2. The summed E-state index contributed by atoms with van der Waals surface area (Å²) in [7, 11) is -1.64. The van der Waals surface area contributed by atoms with E-state index in [9.17, 15) is 13.2 Å². The molecule has 2 amide bonds. The molecule has 2 rings (SSSR count). The van der Waals surface area contributed by atoms with Crippen LogP contribution in [0.5, 0.6) is 0 Å². The molecule has 0 saturated carbocycles. The summed E-state index contributed by atoms with van der Waals surface area (Å²) in [6.45, 7) is 6.38. The summed E-state index contributed by atoms with van der Waals surface area (Å²) in [5.74, 6) is 0.0697. The zero-order chi connectivity index (χ0) is 19.3. The zero-order valence-electron chi connectivity index (χ0n) is 15.6. The predicted molar refractivity (Wildman–Crippen MR) is 102 cm³/mol. The van der Waals surface area contributed by atoms with E-state index in [-0.39, 0.29) is 17.8 Å². The Hall–Kier alpha value is -2.20. The second kappa shape index (κ2) is 8.45. The minimum atomic E-state index is -3.18. The minimum absolute atomic E-state index is 0.0697. The van der Waals surface area contributed by atoms with Crippen LogP contribution < -0.4 is 10.6 Å². The number of anilines is 1. The second-order valence-electron chi connectivity index (χ2n) is 6.28. The molecule has 0 aliphatic rings. The van der Waals surface area contributed by atoms with Gasteiger partial charge in [-0.15, -0.1) is 0 Å². The van der Waals surface area contributed by atoms with Gasteiger partial charge in [0.05, 0.1) is 23.8 Å². The van der Waals surface area contributed by atoms with Crippen molar-refractivity contribution in [3.63, 3.8) is 0 Å². The first-order valence-electron chi connectivity index (χ1n) is 8.56. The number of urea groups is 1. The molecular formula is C16H26N6O3S. The van der Waals surface area contributed by atoms with Crippen molar-refractivity contribution in [2.24, 2.45) is 0 Å². The number of nitrogens with one attached hydrogen (secondary N) is 2. The van der Waals surface area contributed by atoms with E-state index in [1.165, 1.54) is 11.4 Å². The fraction of sp³-hybridized carbons (Fsp3) is 0.562. The third-order valence-electron chi connectivity index (χ3n) is 3.96. The summed E-state index contributed by atoms with van der Waals surface area (Å²) in [6.07, 6.45) is 3.83. The molecule has 9 nitrogen and oxygen atoms in total. The summed E-state index contributed by atoms with van der Waals surface area (Å²) in [5, 5.41) is 10.6. The van der Waals surface area contributed by atoms with Crippen LogP contribution in [0, 0.1) is 0 Å². The van der Waals surface area contributed by atoms with Gasteiger partial charge >= 0.3 is 6.03 Å². The Morgan fingerprint density at radius 2 is 2.08 bits per heavy atom. The Labute approximate surface area is 153 Å². The van der Waals surface area contributed by atoms with Crippen molar-refractivity contribution >= 4 is 32.8 Å². The van der Waals surface area contributed by atoms with Crippen molar-refractivity contribution in [2.75, 3.05) is 31.2 Å². The Balaban J connectivity index is 1.84. The van der Waals surface area contributed by atoms with Gasteiger partial charge in [0.15, 0.2) is 5.65 Å². The van der Waals surface area contributed by atoms with Crippen LogP contribution in [0.1, 0.15) is 33.2 Å². The Kier molecular flexibility index (Phi) is 6.54. The molecule has 0 radical (unpaired) electrons. The molecule has 0 atom stereocenters. The van der Waals surface area contributed by atoms with Crippen molar-refractivity contribution in [1.82, 2.24) is 24.4 Å². The number of carbonyl (C=O) groups excluding carboxylic acids is 1. The standard InChI is InChI=1S/C16H26N6O3S/c1-5-26(24,25)21(4)8-6-7-17-16(23)20-14-9-13-10-19-22(12(2)3)15(13)18-11-14/h9-12H,5-8H2,1-4H3,(H2,17,20,23). The normalized spacial score (nSPS) is 12.1. The van der Waals surface area contributed by atoms with Gasteiger partial charge in [0.1, 0.15) is 0 Å². The predicted octanol–water partition coefficient (Wildman–Crippen LogP) is 1.81. The van der Waals surface area contributed by atoms with E-state index < -0.39 is 10.0 Å². The second-order valence-corrected chi connectivity index (χ2v) is 8.64. The molecule has 0 aromatic carbocycles. The number of pyridine rings is 1. The first kappa shape index (κ1) is 20.1. The lowest BCUT2D eigenvalue weighted by molar-refractivity contribution is 0.251. The maximum absolute atomic E-state index is 12.0. The molecule has 10 heteroatoms. The summed E-state index contributed by atoms with van der Waals surface area (Å²) < 4.78 is 26.4. The molecule has 0 aliphatic heterocycles. The molecule has 144 valence electrons. The van der Waals surface area contributed by atoms with E-state index in [1.54, 1.807) is 19.3 Å². The van der Waals surface area contributed by atoms with Crippen molar-refractivity contribution in [3.05, 3.63) is 18.5 Å². The van der Waals surface area contributed by atoms with Crippen LogP contribution in [0.25, 0.3) is 11.0 Å². The lowest BCUT2D eigenvalue weighted by atomic mass is 10.3. The fourth-order valence-corrected chi connectivity index (χ4v) is 3.27. The number of sulfonamides is 1. The third-order valence-corrected chi connectivity index (χ3v) is 5.82. The molecule has 0 spiro atoms. The van der Waals surface area contributed by atoms with Gasteiger partial charge in [0.25, 0.3) is 0 Å². The number of fused-ring (bicyclic) bond motifs is 1. The van der Waals surface area contributed by atoms with Crippen LogP contribution in [0.3, 0.4) is 0 Å². The third kappa shape index (κ3) is 4.92. The van der Waals surface area contributed by atoms with Gasteiger partial charge in [-0.1, -0.05) is 0 Å². The largest absolute Gasteiger partial charge is 0.338 e. The summed E-state index contributed by atoms with van der Waals surface area (Å²) in [4.78, 5) is 16.3. The summed E-state index contributed by atoms with van der Waals surface area (Å²) in [6, 6.07) is 1.66. The van der Waals surface area contributed by atoms with Crippen molar-refractivity contribution in [1.29, 1.82) is 0 Å². The highest BCUT2D eigenvalue weighted by Gasteiger charge is 2.14. The summed E-state index contributed by atoms with van der Waals surface area (Å²) in [5.41, 5.74) is 1.34. The molecule has 2 aromatic heterocycles. The summed E-state index contributed by atoms with van der Waals surface area (Å²) >= 11 is 0. The van der Waals surface area contributed by atoms with Crippen molar-refractivity contribution in [2.45, 2.75) is 33.2 Å². The average molecular weight is 382 g/mol. The maximum Gasteiger partial charge on any atom is 0.319 e. The van der Waals surface area contributed by atoms with E-state index in [1.807, 2.05) is 24.6 Å².